The summed E-state index contributed by atoms with van der Waals surface area (Å²) < 4.78 is 0. The fourth-order valence-corrected chi connectivity index (χ4v) is 2.52. The Morgan fingerprint density at radius 1 is 1.35 bits per heavy atom. The molecule has 1 aliphatic heterocycles. The summed E-state index contributed by atoms with van der Waals surface area (Å²) in [6.45, 7) is 3.00. The zero-order chi connectivity index (χ0) is 12.1. The van der Waals surface area contributed by atoms with Crippen LogP contribution in [0.2, 0.25) is 0 Å². The average molecular weight is 229 g/mol. The van der Waals surface area contributed by atoms with Gasteiger partial charge in [0.1, 0.15) is 0 Å². The fraction of sp³-hybridized carbons (Fsp3) is 0.500. The standard InChI is InChI=1S/C14H19N3/c15-8-7-13-2-1-9-17(11-13)14-5-3-12(10-16)4-6-14/h3-6,13H,1-2,7-9,11,15H2. The van der Waals surface area contributed by atoms with Crippen molar-refractivity contribution in [2.24, 2.45) is 11.7 Å². The quantitative estimate of drug-likeness (QED) is 0.863. The van der Waals surface area contributed by atoms with Gasteiger partial charge in [-0.2, -0.15) is 5.26 Å². The first-order valence-electron chi connectivity index (χ1n) is 6.28. The molecule has 3 heteroatoms. The normalized spacial score (nSPS) is 20.0. The molecule has 0 spiro atoms. The minimum atomic E-state index is 0.726. The first-order valence-corrected chi connectivity index (χ1v) is 6.28. The van der Waals surface area contributed by atoms with Gasteiger partial charge < -0.3 is 10.6 Å². The van der Waals surface area contributed by atoms with Crippen molar-refractivity contribution < 1.29 is 0 Å². The Kier molecular flexibility index (Phi) is 4.00. The summed E-state index contributed by atoms with van der Waals surface area (Å²) in [7, 11) is 0. The largest absolute Gasteiger partial charge is 0.371 e. The molecule has 1 fully saturated rings. The highest BCUT2D eigenvalue weighted by Gasteiger charge is 2.19. The third-order valence-electron chi connectivity index (χ3n) is 3.46. The molecule has 17 heavy (non-hydrogen) atoms. The van der Waals surface area contributed by atoms with Crippen LogP contribution in [0, 0.1) is 17.2 Å². The highest BCUT2D eigenvalue weighted by atomic mass is 15.1. The maximum absolute atomic E-state index is 8.77. The number of piperidine rings is 1. The third-order valence-corrected chi connectivity index (χ3v) is 3.46. The Labute approximate surface area is 103 Å². The van der Waals surface area contributed by atoms with Crippen molar-refractivity contribution in [3.63, 3.8) is 0 Å². The van der Waals surface area contributed by atoms with Crippen molar-refractivity contribution in [2.75, 3.05) is 24.5 Å². The molecule has 1 heterocycles. The summed E-state index contributed by atoms with van der Waals surface area (Å²) in [5, 5.41) is 8.77. The number of anilines is 1. The van der Waals surface area contributed by atoms with Gasteiger partial charge in [0.25, 0.3) is 0 Å². The second kappa shape index (κ2) is 5.70. The Morgan fingerprint density at radius 2 is 2.12 bits per heavy atom. The average Bonchev–Trinajstić information content (AvgIpc) is 2.40. The summed E-state index contributed by atoms with van der Waals surface area (Å²) >= 11 is 0. The van der Waals surface area contributed by atoms with Crippen LogP contribution in [0.5, 0.6) is 0 Å². The fourth-order valence-electron chi connectivity index (χ4n) is 2.52. The molecule has 1 unspecified atom stereocenters. The van der Waals surface area contributed by atoms with E-state index in [0.717, 1.165) is 37.5 Å². The van der Waals surface area contributed by atoms with Gasteiger partial charge in [-0.25, -0.2) is 0 Å². The molecular weight excluding hydrogens is 210 g/mol. The van der Waals surface area contributed by atoms with Gasteiger partial charge >= 0.3 is 0 Å². The summed E-state index contributed by atoms with van der Waals surface area (Å²) in [5.41, 5.74) is 7.58. The van der Waals surface area contributed by atoms with Crippen molar-refractivity contribution >= 4 is 5.69 Å². The molecule has 2 rings (SSSR count). The van der Waals surface area contributed by atoms with Gasteiger partial charge in [-0.15, -0.1) is 0 Å². The van der Waals surface area contributed by atoms with Crippen molar-refractivity contribution in [3.8, 4) is 6.07 Å². The van der Waals surface area contributed by atoms with Crippen LogP contribution in [0.4, 0.5) is 5.69 Å². The number of hydrogen-bond acceptors (Lipinski definition) is 3. The summed E-state index contributed by atoms with van der Waals surface area (Å²) in [5.74, 6) is 0.726. The van der Waals surface area contributed by atoms with Crippen molar-refractivity contribution in [1.29, 1.82) is 5.26 Å². The van der Waals surface area contributed by atoms with E-state index in [9.17, 15) is 0 Å². The Bertz CT molecular complexity index is 389. The molecule has 0 bridgehead atoms. The van der Waals surface area contributed by atoms with E-state index in [1.54, 1.807) is 0 Å². The molecule has 1 aromatic carbocycles. The number of rotatable bonds is 3. The molecule has 1 atom stereocenters. The maximum atomic E-state index is 8.77. The van der Waals surface area contributed by atoms with Gasteiger partial charge in [0.2, 0.25) is 0 Å². The van der Waals surface area contributed by atoms with E-state index >= 15 is 0 Å². The third kappa shape index (κ3) is 2.98. The highest BCUT2D eigenvalue weighted by Crippen LogP contribution is 2.24. The zero-order valence-corrected chi connectivity index (χ0v) is 10.1. The Balaban J connectivity index is 2.03. The number of nitrogens with zero attached hydrogens (tertiary/aromatic N) is 2. The second-order valence-electron chi connectivity index (χ2n) is 4.69. The lowest BCUT2D eigenvalue weighted by Crippen LogP contribution is -2.36. The van der Waals surface area contributed by atoms with E-state index in [-0.39, 0.29) is 0 Å². The van der Waals surface area contributed by atoms with Gasteiger partial charge in [0, 0.05) is 18.8 Å². The highest BCUT2D eigenvalue weighted by molar-refractivity contribution is 5.50. The predicted molar refractivity (Wildman–Crippen MR) is 69.8 cm³/mol. The van der Waals surface area contributed by atoms with E-state index in [0.29, 0.717) is 0 Å². The number of hydrogen-bond donors (Lipinski definition) is 1. The van der Waals surface area contributed by atoms with Crippen LogP contribution in [-0.4, -0.2) is 19.6 Å². The monoisotopic (exact) mass is 229 g/mol. The topological polar surface area (TPSA) is 53.0 Å². The molecule has 1 aliphatic rings. The summed E-state index contributed by atoms with van der Waals surface area (Å²) in [6.07, 6.45) is 3.65. The van der Waals surface area contributed by atoms with E-state index < -0.39 is 0 Å². The maximum Gasteiger partial charge on any atom is 0.0991 e. The molecule has 1 saturated heterocycles. The van der Waals surface area contributed by atoms with Crippen LogP contribution in [0.25, 0.3) is 0 Å². The zero-order valence-electron chi connectivity index (χ0n) is 10.1. The van der Waals surface area contributed by atoms with Gasteiger partial charge in [0.05, 0.1) is 11.6 Å². The second-order valence-corrected chi connectivity index (χ2v) is 4.69. The van der Waals surface area contributed by atoms with E-state index in [4.69, 9.17) is 11.0 Å². The van der Waals surface area contributed by atoms with Crippen LogP contribution < -0.4 is 10.6 Å². The van der Waals surface area contributed by atoms with Gasteiger partial charge in [-0.1, -0.05) is 0 Å². The molecule has 0 saturated carbocycles. The molecule has 2 N–H and O–H groups in total. The first kappa shape index (κ1) is 11.9. The Morgan fingerprint density at radius 3 is 2.76 bits per heavy atom. The van der Waals surface area contributed by atoms with Gasteiger partial charge in [0.15, 0.2) is 0 Å². The van der Waals surface area contributed by atoms with E-state index in [2.05, 4.69) is 11.0 Å². The first-order chi connectivity index (χ1) is 8.33. The van der Waals surface area contributed by atoms with Crippen molar-refractivity contribution in [3.05, 3.63) is 29.8 Å². The van der Waals surface area contributed by atoms with Crippen molar-refractivity contribution in [2.45, 2.75) is 19.3 Å². The van der Waals surface area contributed by atoms with Crippen LogP contribution in [0.15, 0.2) is 24.3 Å². The minimum Gasteiger partial charge on any atom is -0.371 e. The smallest absolute Gasteiger partial charge is 0.0991 e. The van der Waals surface area contributed by atoms with Crippen LogP contribution >= 0.6 is 0 Å². The predicted octanol–water partition coefficient (Wildman–Crippen LogP) is 2.12. The van der Waals surface area contributed by atoms with E-state index in [1.165, 1.54) is 18.5 Å². The molecule has 1 aromatic rings. The SMILES string of the molecule is N#Cc1ccc(N2CCCC(CCN)C2)cc1. The van der Waals surface area contributed by atoms with Crippen molar-refractivity contribution in [1.82, 2.24) is 0 Å². The molecular formula is C14H19N3. The molecule has 0 aromatic heterocycles. The molecule has 0 amide bonds. The minimum absolute atomic E-state index is 0.726. The van der Waals surface area contributed by atoms with Gasteiger partial charge in [-0.3, -0.25) is 0 Å². The summed E-state index contributed by atoms with van der Waals surface area (Å²) in [6, 6.07) is 10.0. The molecule has 0 aliphatic carbocycles. The van der Waals surface area contributed by atoms with Crippen LogP contribution in [-0.2, 0) is 0 Å². The molecule has 90 valence electrons. The lowest BCUT2D eigenvalue weighted by molar-refractivity contribution is 0.396. The number of nitriles is 1. The molecule has 3 nitrogen and oxygen atoms in total. The lowest BCUT2D eigenvalue weighted by Gasteiger charge is -2.34. The summed E-state index contributed by atoms with van der Waals surface area (Å²) in [4.78, 5) is 2.41. The molecule has 0 radical (unpaired) electrons. The van der Waals surface area contributed by atoms with E-state index in [1.807, 2.05) is 24.3 Å². The number of nitrogens with two attached hydrogens (primary N) is 1. The lowest BCUT2D eigenvalue weighted by atomic mass is 9.94. The van der Waals surface area contributed by atoms with Crippen LogP contribution in [0.1, 0.15) is 24.8 Å². The van der Waals surface area contributed by atoms with Crippen LogP contribution in [0.3, 0.4) is 0 Å². The van der Waals surface area contributed by atoms with Gasteiger partial charge in [-0.05, 0) is 56.0 Å². The Hall–Kier alpha value is -1.53. The number of benzene rings is 1.